The molecule has 1 unspecified atom stereocenters. The lowest BCUT2D eigenvalue weighted by molar-refractivity contribution is 0.121. The van der Waals surface area contributed by atoms with E-state index in [2.05, 4.69) is 36.1 Å². The number of aromatic nitrogens is 2. The number of ether oxygens (including phenoxy) is 1. The highest BCUT2D eigenvalue weighted by atomic mass is 79.9. The summed E-state index contributed by atoms with van der Waals surface area (Å²) in [5.41, 5.74) is 0. The molecule has 2 heterocycles. The summed E-state index contributed by atoms with van der Waals surface area (Å²) in [6.07, 6.45) is 3.12. The molecule has 0 radical (unpaired) electrons. The Labute approximate surface area is 103 Å². The summed E-state index contributed by atoms with van der Waals surface area (Å²) < 4.78 is 6.26. The smallest absolute Gasteiger partial charge is 0.224 e. The predicted molar refractivity (Wildman–Crippen MR) is 66.9 cm³/mol. The Balaban J connectivity index is 2.20. The second-order valence-corrected chi connectivity index (χ2v) is 4.56. The van der Waals surface area contributed by atoms with Crippen LogP contribution in [0.3, 0.4) is 0 Å². The van der Waals surface area contributed by atoms with Crippen LogP contribution in [0.2, 0.25) is 0 Å². The number of rotatable bonds is 3. The molecule has 1 aliphatic heterocycles. The largest absolute Gasteiger partial charge is 0.380 e. The first-order chi connectivity index (χ1) is 7.74. The van der Waals surface area contributed by atoms with Gasteiger partial charge in [0.25, 0.3) is 0 Å². The van der Waals surface area contributed by atoms with Gasteiger partial charge in [0.2, 0.25) is 5.95 Å². The van der Waals surface area contributed by atoms with Gasteiger partial charge >= 0.3 is 0 Å². The molecule has 1 aromatic heterocycles. The molecule has 1 aliphatic rings. The van der Waals surface area contributed by atoms with Crippen LogP contribution in [0.1, 0.15) is 6.42 Å². The summed E-state index contributed by atoms with van der Waals surface area (Å²) in [6, 6.07) is 0. The fourth-order valence-corrected chi connectivity index (χ4v) is 2.26. The Kier molecular flexibility index (Phi) is 3.60. The highest BCUT2D eigenvalue weighted by Gasteiger charge is 2.24. The van der Waals surface area contributed by atoms with E-state index in [4.69, 9.17) is 4.74 Å². The maximum atomic E-state index is 5.34. The van der Waals surface area contributed by atoms with Gasteiger partial charge < -0.3 is 15.0 Å². The van der Waals surface area contributed by atoms with Crippen molar-refractivity contribution in [2.24, 2.45) is 0 Å². The lowest BCUT2D eigenvalue weighted by atomic mass is 10.3. The number of hydrogen-bond acceptors (Lipinski definition) is 5. The average Bonchev–Trinajstić information content (AvgIpc) is 2.78. The van der Waals surface area contributed by atoms with Gasteiger partial charge in [0.15, 0.2) is 0 Å². The van der Waals surface area contributed by atoms with E-state index in [0.29, 0.717) is 12.1 Å². The van der Waals surface area contributed by atoms with E-state index in [9.17, 15) is 0 Å². The second-order valence-electron chi connectivity index (χ2n) is 3.71. The molecule has 88 valence electrons. The van der Waals surface area contributed by atoms with Crippen LogP contribution in [-0.2, 0) is 4.74 Å². The van der Waals surface area contributed by atoms with E-state index in [0.717, 1.165) is 29.8 Å². The van der Waals surface area contributed by atoms with Crippen LogP contribution in [0.15, 0.2) is 10.7 Å². The van der Waals surface area contributed by atoms with Gasteiger partial charge in [-0.1, -0.05) is 0 Å². The first-order valence-electron chi connectivity index (χ1n) is 5.22. The van der Waals surface area contributed by atoms with Crippen molar-refractivity contribution in [1.82, 2.24) is 9.97 Å². The molecule has 0 bridgehead atoms. The summed E-state index contributed by atoms with van der Waals surface area (Å²) in [7, 11) is 3.57. The molecule has 6 heteroatoms. The van der Waals surface area contributed by atoms with E-state index in [-0.39, 0.29) is 0 Å². The quantitative estimate of drug-likeness (QED) is 0.913. The van der Waals surface area contributed by atoms with Gasteiger partial charge in [-0.2, -0.15) is 4.98 Å². The molecule has 0 aromatic carbocycles. The Bertz CT molecular complexity index is 374. The van der Waals surface area contributed by atoms with E-state index in [1.54, 1.807) is 13.3 Å². The summed E-state index contributed by atoms with van der Waals surface area (Å²) in [6.45, 7) is 1.85. The predicted octanol–water partition coefficient (Wildman–Crippen LogP) is 1.51. The minimum atomic E-state index is 0.305. The molecule has 2 rings (SSSR count). The van der Waals surface area contributed by atoms with Crippen molar-refractivity contribution in [2.75, 3.05) is 37.5 Å². The van der Waals surface area contributed by atoms with Crippen molar-refractivity contribution >= 4 is 27.7 Å². The number of hydrogen-bond donors (Lipinski definition) is 1. The van der Waals surface area contributed by atoms with E-state index < -0.39 is 0 Å². The fourth-order valence-electron chi connectivity index (χ4n) is 1.81. The molecule has 0 aliphatic carbocycles. The minimum absolute atomic E-state index is 0.305. The number of nitrogens with one attached hydrogen (secondary N) is 1. The maximum absolute atomic E-state index is 5.34. The first-order valence-corrected chi connectivity index (χ1v) is 6.02. The number of anilines is 2. The van der Waals surface area contributed by atoms with Crippen molar-refractivity contribution in [1.29, 1.82) is 0 Å². The molecule has 1 saturated heterocycles. The molecule has 0 amide bonds. The third-order valence-electron chi connectivity index (χ3n) is 2.73. The van der Waals surface area contributed by atoms with Gasteiger partial charge in [0.1, 0.15) is 5.82 Å². The van der Waals surface area contributed by atoms with Crippen LogP contribution in [0.4, 0.5) is 11.8 Å². The molecule has 16 heavy (non-hydrogen) atoms. The molecule has 1 aromatic rings. The van der Waals surface area contributed by atoms with Crippen molar-refractivity contribution in [3.8, 4) is 0 Å². The molecular formula is C10H15BrN4O. The van der Waals surface area contributed by atoms with Crippen LogP contribution in [0.25, 0.3) is 0 Å². The zero-order valence-electron chi connectivity index (χ0n) is 9.40. The third-order valence-corrected chi connectivity index (χ3v) is 3.29. The van der Waals surface area contributed by atoms with Gasteiger partial charge in [-0.15, -0.1) is 0 Å². The number of nitrogens with zero attached hydrogens (tertiary/aromatic N) is 3. The average molecular weight is 287 g/mol. The Morgan fingerprint density at radius 1 is 1.62 bits per heavy atom. The Morgan fingerprint density at radius 2 is 2.44 bits per heavy atom. The number of halogens is 1. The van der Waals surface area contributed by atoms with Crippen molar-refractivity contribution in [2.45, 2.75) is 12.5 Å². The molecule has 5 nitrogen and oxygen atoms in total. The van der Waals surface area contributed by atoms with Gasteiger partial charge in [-0.3, -0.25) is 0 Å². The first kappa shape index (κ1) is 11.6. The van der Waals surface area contributed by atoms with E-state index in [1.165, 1.54) is 0 Å². The zero-order valence-corrected chi connectivity index (χ0v) is 11.0. The third kappa shape index (κ3) is 2.27. The highest BCUT2D eigenvalue weighted by Crippen LogP contribution is 2.27. The summed E-state index contributed by atoms with van der Waals surface area (Å²) in [5, 5.41) is 2.94. The number of methoxy groups -OCH3 is 1. The molecule has 0 spiro atoms. The van der Waals surface area contributed by atoms with Gasteiger partial charge in [-0.05, 0) is 22.4 Å². The van der Waals surface area contributed by atoms with Gasteiger partial charge in [0, 0.05) is 33.4 Å². The minimum Gasteiger partial charge on any atom is -0.380 e. The Morgan fingerprint density at radius 3 is 3.06 bits per heavy atom. The molecule has 1 fully saturated rings. The lowest BCUT2D eigenvalue weighted by Crippen LogP contribution is -2.24. The summed E-state index contributed by atoms with van der Waals surface area (Å²) in [5.74, 6) is 1.57. The van der Waals surface area contributed by atoms with Crippen LogP contribution in [-0.4, -0.2) is 43.3 Å². The van der Waals surface area contributed by atoms with Crippen LogP contribution >= 0.6 is 15.9 Å². The van der Waals surface area contributed by atoms with Crippen molar-refractivity contribution in [3.05, 3.63) is 10.7 Å². The van der Waals surface area contributed by atoms with Crippen LogP contribution < -0.4 is 10.2 Å². The van der Waals surface area contributed by atoms with Crippen LogP contribution in [0.5, 0.6) is 0 Å². The molecule has 0 saturated carbocycles. The van der Waals surface area contributed by atoms with E-state index in [1.807, 2.05) is 7.05 Å². The molecule has 1 atom stereocenters. The normalized spacial score (nSPS) is 20.2. The molecular weight excluding hydrogens is 272 g/mol. The van der Waals surface area contributed by atoms with Crippen molar-refractivity contribution < 1.29 is 4.74 Å². The molecule has 1 N–H and O–H groups in total. The fraction of sp³-hybridized carbons (Fsp3) is 0.600. The van der Waals surface area contributed by atoms with Gasteiger partial charge in [-0.25, -0.2) is 4.98 Å². The summed E-state index contributed by atoms with van der Waals surface area (Å²) >= 11 is 3.48. The standard InChI is InChI=1S/C10H15BrN4O/c1-12-10-13-5-8(11)9(14-10)15-4-3-7(6-15)16-2/h5,7H,3-4,6H2,1-2H3,(H,12,13,14). The lowest BCUT2D eigenvalue weighted by Gasteiger charge is -2.18. The second kappa shape index (κ2) is 4.97. The van der Waals surface area contributed by atoms with Gasteiger partial charge in [0.05, 0.1) is 10.6 Å². The Hall–Kier alpha value is -0.880. The van der Waals surface area contributed by atoms with Crippen LogP contribution in [0, 0.1) is 0 Å². The topological polar surface area (TPSA) is 50.3 Å². The van der Waals surface area contributed by atoms with E-state index >= 15 is 0 Å². The monoisotopic (exact) mass is 286 g/mol. The highest BCUT2D eigenvalue weighted by molar-refractivity contribution is 9.10. The summed E-state index contributed by atoms with van der Waals surface area (Å²) in [4.78, 5) is 10.8. The van der Waals surface area contributed by atoms with Crippen molar-refractivity contribution in [3.63, 3.8) is 0 Å². The SMILES string of the molecule is CNc1ncc(Br)c(N2CCC(OC)C2)n1. The zero-order chi connectivity index (χ0) is 11.5. The maximum Gasteiger partial charge on any atom is 0.224 e.